The van der Waals surface area contributed by atoms with Gasteiger partial charge in [-0.1, -0.05) is 24.3 Å². The van der Waals surface area contributed by atoms with Crippen molar-refractivity contribution in [2.45, 2.75) is 26.8 Å². The molecule has 0 aliphatic carbocycles. The van der Waals surface area contributed by atoms with E-state index in [1.54, 1.807) is 7.11 Å². The summed E-state index contributed by atoms with van der Waals surface area (Å²) in [5.74, 6) is 1.40. The monoisotopic (exact) mass is 313 g/mol. The van der Waals surface area contributed by atoms with E-state index in [1.165, 1.54) is 0 Å². The molecular formula is C19H23NO3. The molecule has 0 bridgehead atoms. The number of ether oxygens (including phenoxy) is 2. The fourth-order valence-corrected chi connectivity index (χ4v) is 2.27. The van der Waals surface area contributed by atoms with Gasteiger partial charge < -0.3 is 14.8 Å². The van der Waals surface area contributed by atoms with Gasteiger partial charge in [-0.2, -0.15) is 0 Å². The number of methoxy groups -OCH3 is 1. The van der Waals surface area contributed by atoms with Crippen molar-refractivity contribution in [3.05, 3.63) is 59.2 Å². The van der Waals surface area contributed by atoms with Crippen LogP contribution in [0.25, 0.3) is 0 Å². The van der Waals surface area contributed by atoms with E-state index >= 15 is 0 Å². The highest BCUT2D eigenvalue weighted by molar-refractivity contribution is 5.78. The summed E-state index contributed by atoms with van der Waals surface area (Å²) in [5.41, 5.74) is 3.15. The van der Waals surface area contributed by atoms with Crippen molar-refractivity contribution in [3.63, 3.8) is 0 Å². The van der Waals surface area contributed by atoms with E-state index in [0.29, 0.717) is 0 Å². The Morgan fingerprint density at radius 2 is 1.83 bits per heavy atom. The average Bonchev–Trinajstić information content (AvgIpc) is 2.55. The average molecular weight is 313 g/mol. The van der Waals surface area contributed by atoms with Gasteiger partial charge in [-0.3, -0.25) is 4.79 Å². The van der Waals surface area contributed by atoms with Crippen LogP contribution in [0.15, 0.2) is 42.5 Å². The maximum absolute atomic E-state index is 12.1. The molecule has 4 nitrogen and oxygen atoms in total. The molecule has 4 heteroatoms. The largest absolute Gasteiger partial charge is 0.497 e. The van der Waals surface area contributed by atoms with E-state index in [-0.39, 0.29) is 18.6 Å². The number of nitrogens with one attached hydrogen (secondary N) is 1. The third kappa shape index (κ3) is 4.74. The van der Waals surface area contributed by atoms with Crippen molar-refractivity contribution in [3.8, 4) is 11.5 Å². The predicted octanol–water partition coefficient (Wildman–Crippen LogP) is 3.57. The second-order valence-electron chi connectivity index (χ2n) is 5.62. The summed E-state index contributed by atoms with van der Waals surface area (Å²) in [6, 6.07) is 13.5. The lowest BCUT2D eigenvalue weighted by molar-refractivity contribution is -0.123. The number of carbonyl (C=O) groups excluding carboxylic acids is 1. The molecule has 0 fully saturated rings. The number of amides is 1. The summed E-state index contributed by atoms with van der Waals surface area (Å²) >= 11 is 0. The molecule has 0 aliphatic heterocycles. The first-order valence-electron chi connectivity index (χ1n) is 7.63. The van der Waals surface area contributed by atoms with Gasteiger partial charge in [0, 0.05) is 0 Å². The molecule has 2 rings (SSSR count). The Balaban J connectivity index is 1.89. The number of rotatable bonds is 6. The van der Waals surface area contributed by atoms with Gasteiger partial charge in [-0.15, -0.1) is 0 Å². The van der Waals surface area contributed by atoms with Gasteiger partial charge in [0.05, 0.1) is 13.2 Å². The molecule has 0 saturated heterocycles. The molecule has 1 amide bonds. The molecule has 0 radical (unpaired) electrons. The van der Waals surface area contributed by atoms with Gasteiger partial charge in [0.1, 0.15) is 11.5 Å². The Labute approximate surface area is 137 Å². The second-order valence-corrected chi connectivity index (χ2v) is 5.62. The number of hydrogen-bond donors (Lipinski definition) is 1. The zero-order valence-electron chi connectivity index (χ0n) is 14.1. The summed E-state index contributed by atoms with van der Waals surface area (Å²) in [6.45, 7) is 5.91. The first-order chi connectivity index (χ1) is 11.0. The lowest BCUT2D eigenvalue weighted by atomic mass is 10.1. The minimum Gasteiger partial charge on any atom is -0.497 e. The second kappa shape index (κ2) is 7.68. The SMILES string of the molecule is COc1ccc(C(C)NC(=O)COc2cc(C)ccc2C)cc1. The van der Waals surface area contributed by atoms with Crippen LogP contribution in [0, 0.1) is 13.8 Å². The van der Waals surface area contributed by atoms with Crippen molar-refractivity contribution >= 4 is 5.91 Å². The Hall–Kier alpha value is -2.49. The lowest BCUT2D eigenvalue weighted by Gasteiger charge is -2.16. The Kier molecular flexibility index (Phi) is 5.63. The van der Waals surface area contributed by atoms with Crippen LogP contribution < -0.4 is 14.8 Å². The topological polar surface area (TPSA) is 47.6 Å². The molecule has 2 aromatic carbocycles. The number of carbonyl (C=O) groups is 1. The highest BCUT2D eigenvalue weighted by atomic mass is 16.5. The molecule has 0 saturated carbocycles. The lowest BCUT2D eigenvalue weighted by Crippen LogP contribution is -2.31. The quantitative estimate of drug-likeness (QED) is 0.887. The van der Waals surface area contributed by atoms with Crippen LogP contribution in [0.1, 0.15) is 29.7 Å². The Bertz CT molecular complexity index is 665. The van der Waals surface area contributed by atoms with Crippen molar-refractivity contribution in [1.29, 1.82) is 0 Å². The van der Waals surface area contributed by atoms with Crippen molar-refractivity contribution in [2.24, 2.45) is 0 Å². The number of benzene rings is 2. The molecule has 0 heterocycles. The minimum atomic E-state index is -0.144. The van der Waals surface area contributed by atoms with Crippen molar-refractivity contribution in [2.75, 3.05) is 13.7 Å². The number of hydrogen-bond acceptors (Lipinski definition) is 3. The van der Waals surface area contributed by atoms with Crippen molar-refractivity contribution in [1.82, 2.24) is 5.32 Å². The molecule has 1 unspecified atom stereocenters. The van der Waals surface area contributed by atoms with E-state index in [1.807, 2.05) is 63.2 Å². The number of aryl methyl sites for hydroxylation is 2. The van der Waals surface area contributed by atoms with E-state index in [4.69, 9.17) is 9.47 Å². The Morgan fingerprint density at radius 3 is 2.48 bits per heavy atom. The molecular weight excluding hydrogens is 290 g/mol. The molecule has 23 heavy (non-hydrogen) atoms. The van der Waals surface area contributed by atoms with Gasteiger partial charge in [0.2, 0.25) is 0 Å². The first-order valence-corrected chi connectivity index (χ1v) is 7.63. The van der Waals surface area contributed by atoms with Crippen LogP contribution in [-0.2, 0) is 4.79 Å². The van der Waals surface area contributed by atoms with Gasteiger partial charge >= 0.3 is 0 Å². The maximum Gasteiger partial charge on any atom is 0.258 e. The molecule has 0 aliphatic rings. The molecule has 1 N–H and O–H groups in total. The van der Waals surface area contributed by atoms with Crippen LogP contribution >= 0.6 is 0 Å². The zero-order valence-corrected chi connectivity index (χ0v) is 14.1. The van der Waals surface area contributed by atoms with Gasteiger partial charge in [0.25, 0.3) is 5.91 Å². The molecule has 0 spiro atoms. The normalized spacial score (nSPS) is 11.7. The summed E-state index contributed by atoms with van der Waals surface area (Å²) in [7, 11) is 1.63. The summed E-state index contributed by atoms with van der Waals surface area (Å²) in [6.07, 6.45) is 0. The smallest absolute Gasteiger partial charge is 0.258 e. The van der Waals surface area contributed by atoms with E-state index in [0.717, 1.165) is 28.2 Å². The van der Waals surface area contributed by atoms with Crippen LogP contribution in [-0.4, -0.2) is 19.6 Å². The van der Waals surface area contributed by atoms with Crippen LogP contribution in [0.3, 0.4) is 0 Å². The van der Waals surface area contributed by atoms with Gasteiger partial charge in [0.15, 0.2) is 6.61 Å². The zero-order chi connectivity index (χ0) is 16.8. The Morgan fingerprint density at radius 1 is 1.13 bits per heavy atom. The fraction of sp³-hybridized carbons (Fsp3) is 0.316. The van der Waals surface area contributed by atoms with E-state index in [9.17, 15) is 4.79 Å². The van der Waals surface area contributed by atoms with Crippen molar-refractivity contribution < 1.29 is 14.3 Å². The molecule has 2 aromatic rings. The highest BCUT2D eigenvalue weighted by Gasteiger charge is 2.11. The highest BCUT2D eigenvalue weighted by Crippen LogP contribution is 2.19. The maximum atomic E-state index is 12.1. The molecule has 0 aromatic heterocycles. The molecule has 122 valence electrons. The van der Waals surface area contributed by atoms with E-state index in [2.05, 4.69) is 5.32 Å². The third-order valence-corrected chi connectivity index (χ3v) is 3.70. The molecule has 1 atom stereocenters. The van der Waals surface area contributed by atoms with Crippen LogP contribution in [0.2, 0.25) is 0 Å². The summed E-state index contributed by atoms with van der Waals surface area (Å²) < 4.78 is 10.8. The summed E-state index contributed by atoms with van der Waals surface area (Å²) in [5, 5.41) is 2.93. The fourth-order valence-electron chi connectivity index (χ4n) is 2.27. The first kappa shape index (κ1) is 16.9. The predicted molar refractivity (Wildman–Crippen MR) is 91.0 cm³/mol. The summed E-state index contributed by atoms with van der Waals surface area (Å²) in [4.78, 5) is 12.1. The minimum absolute atomic E-state index is 0.00475. The van der Waals surface area contributed by atoms with E-state index < -0.39 is 0 Å². The van der Waals surface area contributed by atoms with Crippen LogP contribution in [0.4, 0.5) is 0 Å². The van der Waals surface area contributed by atoms with Crippen LogP contribution in [0.5, 0.6) is 11.5 Å². The standard InChI is InChI=1S/C19H23NO3/c1-13-5-6-14(2)18(11-13)23-12-19(21)20-15(3)16-7-9-17(22-4)10-8-16/h5-11,15H,12H2,1-4H3,(H,20,21). The third-order valence-electron chi connectivity index (χ3n) is 3.70. The van der Waals surface area contributed by atoms with Gasteiger partial charge in [-0.25, -0.2) is 0 Å². The van der Waals surface area contributed by atoms with Gasteiger partial charge in [-0.05, 0) is 55.7 Å².